The van der Waals surface area contributed by atoms with E-state index < -0.39 is 12.1 Å². The van der Waals surface area contributed by atoms with Crippen molar-refractivity contribution < 1.29 is 14.4 Å². The van der Waals surface area contributed by atoms with Gasteiger partial charge < -0.3 is 20.9 Å². The second-order valence-corrected chi connectivity index (χ2v) is 7.58. The number of carbonyl (C=O) groups is 3. The molecule has 0 saturated carbocycles. The Bertz CT molecular complexity index is 655. The second kappa shape index (κ2) is 10.7. The molecule has 154 valence electrons. The van der Waals surface area contributed by atoms with Crippen molar-refractivity contribution in [2.24, 2.45) is 11.8 Å². The van der Waals surface area contributed by atoms with Gasteiger partial charge in [0.05, 0.1) is 0 Å². The zero-order valence-electron chi connectivity index (χ0n) is 17.0. The standard InChI is InChI=1S/C21H32N4O3/c1-4-12-22-19(26)16-10-13-25(14-11-16)20(27)18(15(2)3)24-21(28)23-17-8-6-5-7-9-17/h5-9,15-16,18H,4,10-14H2,1-3H3,(H,22,26)(H2,23,24,28). The Morgan fingerprint density at radius 1 is 1.11 bits per heavy atom. The summed E-state index contributed by atoms with van der Waals surface area (Å²) in [6, 6.07) is 8.13. The molecule has 7 nitrogen and oxygen atoms in total. The summed E-state index contributed by atoms with van der Waals surface area (Å²) in [5, 5.41) is 8.48. The highest BCUT2D eigenvalue weighted by Gasteiger charge is 2.32. The predicted molar refractivity (Wildman–Crippen MR) is 110 cm³/mol. The minimum Gasteiger partial charge on any atom is -0.356 e. The van der Waals surface area contributed by atoms with Gasteiger partial charge in [-0.25, -0.2) is 4.79 Å². The van der Waals surface area contributed by atoms with Crippen LogP contribution < -0.4 is 16.0 Å². The molecule has 4 amide bonds. The van der Waals surface area contributed by atoms with Crippen molar-refractivity contribution >= 4 is 23.5 Å². The molecule has 1 atom stereocenters. The minimum absolute atomic E-state index is 0.0394. The first-order valence-corrected chi connectivity index (χ1v) is 10.1. The van der Waals surface area contributed by atoms with E-state index in [1.165, 1.54) is 0 Å². The molecule has 1 aliphatic heterocycles. The van der Waals surface area contributed by atoms with Crippen LogP contribution in [0, 0.1) is 11.8 Å². The van der Waals surface area contributed by atoms with Gasteiger partial charge in [0.25, 0.3) is 0 Å². The third-order valence-electron chi connectivity index (χ3n) is 4.98. The summed E-state index contributed by atoms with van der Waals surface area (Å²) >= 11 is 0. The van der Waals surface area contributed by atoms with Crippen molar-refractivity contribution in [2.75, 3.05) is 25.0 Å². The van der Waals surface area contributed by atoms with E-state index in [0.717, 1.165) is 6.42 Å². The smallest absolute Gasteiger partial charge is 0.319 e. The summed E-state index contributed by atoms with van der Waals surface area (Å²) < 4.78 is 0. The maximum absolute atomic E-state index is 13.0. The van der Waals surface area contributed by atoms with E-state index in [4.69, 9.17) is 0 Å². The number of hydrogen-bond acceptors (Lipinski definition) is 3. The van der Waals surface area contributed by atoms with Gasteiger partial charge in [0, 0.05) is 31.2 Å². The molecule has 1 aliphatic rings. The number of piperidine rings is 1. The van der Waals surface area contributed by atoms with Crippen LogP contribution in [0.15, 0.2) is 30.3 Å². The Hall–Kier alpha value is -2.57. The van der Waals surface area contributed by atoms with E-state index in [0.29, 0.717) is 38.2 Å². The minimum atomic E-state index is -0.603. The van der Waals surface area contributed by atoms with Crippen LogP contribution in [0.3, 0.4) is 0 Å². The summed E-state index contributed by atoms with van der Waals surface area (Å²) in [4.78, 5) is 39.1. The highest BCUT2D eigenvalue weighted by atomic mass is 16.2. The first kappa shape index (κ1) is 21.7. The molecule has 2 rings (SSSR count). The lowest BCUT2D eigenvalue weighted by atomic mass is 9.94. The van der Waals surface area contributed by atoms with Gasteiger partial charge in [-0.05, 0) is 37.3 Å². The Kier molecular flexibility index (Phi) is 8.29. The van der Waals surface area contributed by atoms with E-state index in [1.807, 2.05) is 39.0 Å². The lowest BCUT2D eigenvalue weighted by Gasteiger charge is -2.35. The summed E-state index contributed by atoms with van der Waals surface area (Å²) in [5.41, 5.74) is 0.675. The van der Waals surface area contributed by atoms with E-state index in [-0.39, 0.29) is 23.7 Å². The van der Waals surface area contributed by atoms with E-state index in [1.54, 1.807) is 17.0 Å². The molecule has 1 saturated heterocycles. The number of anilines is 1. The van der Waals surface area contributed by atoms with Gasteiger partial charge in [0.1, 0.15) is 6.04 Å². The van der Waals surface area contributed by atoms with Crippen LogP contribution in [-0.2, 0) is 9.59 Å². The Morgan fingerprint density at radius 3 is 2.32 bits per heavy atom. The van der Waals surface area contributed by atoms with Crippen LogP contribution in [0.4, 0.5) is 10.5 Å². The molecule has 0 spiro atoms. The first-order chi connectivity index (χ1) is 13.4. The summed E-state index contributed by atoms with van der Waals surface area (Å²) in [7, 11) is 0. The number of nitrogens with zero attached hydrogens (tertiary/aromatic N) is 1. The van der Waals surface area contributed by atoms with Crippen molar-refractivity contribution in [1.29, 1.82) is 0 Å². The van der Waals surface area contributed by atoms with Gasteiger partial charge in [0.15, 0.2) is 0 Å². The van der Waals surface area contributed by atoms with Gasteiger partial charge >= 0.3 is 6.03 Å². The maximum Gasteiger partial charge on any atom is 0.319 e. The lowest BCUT2D eigenvalue weighted by molar-refractivity contribution is -0.138. The molecule has 0 radical (unpaired) electrons. The number of hydrogen-bond donors (Lipinski definition) is 3. The number of para-hydroxylation sites is 1. The Morgan fingerprint density at radius 2 is 1.75 bits per heavy atom. The quantitative estimate of drug-likeness (QED) is 0.671. The zero-order valence-corrected chi connectivity index (χ0v) is 17.0. The van der Waals surface area contributed by atoms with Crippen molar-refractivity contribution in [1.82, 2.24) is 15.5 Å². The van der Waals surface area contributed by atoms with Crippen LogP contribution in [0.25, 0.3) is 0 Å². The lowest BCUT2D eigenvalue weighted by Crippen LogP contribution is -2.54. The van der Waals surface area contributed by atoms with Crippen molar-refractivity contribution in [3.8, 4) is 0 Å². The van der Waals surface area contributed by atoms with Gasteiger partial charge in [-0.3, -0.25) is 9.59 Å². The van der Waals surface area contributed by atoms with Crippen LogP contribution in [-0.4, -0.2) is 48.4 Å². The number of carbonyl (C=O) groups excluding carboxylic acids is 3. The molecule has 3 N–H and O–H groups in total. The Labute approximate surface area is 167 Å². The number of amides is 4. The summed E-state index contributed by atoms with van der Waals surface area (Å²) in [5.74, 6) is -0.0950. The fourth-order valence-corrected chi connectivity index (χ4v) is 3.29. The van der Waals surface area contributed by atoms with E-state index in [9.17, 15) is 14.4 Å². The maximum atomic E-state index is 13.0. The van der Waals surface area contributed by atoms with Crippen LogP contribution in [0.1, 0.15) is 40.0 Å². The van der Waals surface area contributed by atoms with Crippen molar-refractivity contribution in [3.05, 3.63) is 30.3 Å². The average molecular weight is 389 g/mol. The normalized spacial score (nSPS) is 15.8. The number of benzene rings is 1. The molecule has 1 fully saturated rings. The predicted octanol–water partition coefficient (Wildman–Crippen LogP) is 2.60. The summed E-state index contributed by atoms with van der Waals surface area (Å²) in [6.45, 7) is 7.61. The number of likely N-dealkylation sites (tertiary alicyclic amines) is 1. The number of nitrogens with one attached hydrogen (secondary N) is 3. The molecular formula is C21H32N4O3. The van der Waals surface area contributed by atoms with Gasteiger partial charge in [0.2, 0.25) is 11.8 Å². The van der Waals surface area contributed by atoms with Crippen LogP contribution in [0.5, 0.6) is 0 Å². The van der Waals surface area contributed by atoms with Gasteiger partial charge in [-0.2, -0.15) is 0 Å². The molecular weight excluding hydrogens is 356 g/mol. The highest BCUT2D eigenvalue weighted by molar-refractivity contribution is 5.94. The first-order valence-electron chi connectivity index (χ1n) is 10.1. The largest absolute Gasteiger partial charge is 0.356 e. The molecule has 0 aliphatic carbocycles. The molecule has 1 aromatic carbocycles. The number of rotatable bonds is 7. The molecule has 0 bridgehead atoms. The fourth-order valence-electron chi connectivity index (χ4n) is 3.29. The van der Waals surface area contributed by atoms with Crippen molar-refractivity contribution in [3.63, 3.8) is 0 Å². The topological polar surface area (TPSA) is 90.5 Å². The monoisotopic (exact) mass is 388 g/mol. The average Bonchev–Trinajstić information content (AvgIpc) is 2.70. The Balaban J connectivity index is 1.89. The molecule has 1 aromatic rings. The van der Waals surface area contributed by atoms with Gasteiger partial charge in [-0.1, -0.05) is 39.0 Å². The van der Waals surface area contributed by atoms with E-state index >= 15 is 0 Å². The summed E-state index contributed by atoms with van der Waals surface area (Å²) in [6.07, 6.45) is 2.22. The van der Waals surface area contributed by atoms with E-state index in [2.05, 4.69) is 16.0 Å². The SMILES string of the molecule is CCCNC(=O)C1CCN(C(=O)C(NC(=O)Nc2ccccc2)C(C)C)CC1. The third kappa shape index (κ3) is 6.25. The molecule has 7 heteroatoms. The molecule has 28 heavy (non-hydrogen) atoms. The highest BCUT2D eigenvalue weighted by Crippen LogP contribution is 2.19. The zero-order chi connectivity index (χ0) is 20.5. The molecule has 1 heterocycles. The third-order valence-corrected chi connectivity index (χ3v) is 4.98. The molecule has 1 unspecified atom stereocenters. The van der Waals surface area contributed by atoms with Crippen LogP contribution >= 0.6 is 0 Å². The van der Waals surface area contributed by atoms with Crippen molar-refractivity contribution in [2.45, 2.75) is 46.1 Å². The second-order valence-electron chi connectivity index (χ2n) is 7.58. The van der Waals surface area contributed by atoms with Gasteiger partial charge in [-0.15, -0.1) is 0 Å². The fraction of sp³-hybridized carbons (Fsp3) is 0.571. The van der Waals surface area contributed by atoms with Crippen LogP contribution in [0.2, 0.25) is 0 Å². The molecule has 0 aromatic heterocycles. The number of urea groups is 1.